The summed E-state index contributed by atoms with van der Waals surface area (Å²) in [7, 11) is 0. The zero-order valence-corrected chi connectivity index (χ0v) is 12.1. The first-order valence-electron chi connectivity index (χ1n) is 6.48. The number of halogens is 2. The van der Waals surface area contributed by atoms with Crippen molar-refractivity contribution in [2.75, 3.05) is 5.73 Å². The van der Waals surface area contributed by atoms with Crippen molar-refractivity contribution in [3.05, 3.63) is 64.4 Å². The first kappa shape index (κ1) is 15.3. The van der Waals surface area contributed by atoms with Crippen LogP contribution in [0.15, 0.2) is 42.5 Å². The third-order valence-electron chi connectivity index (χ3n) is 2.97. The van der Waals surface area contributed by atoms with Crippen molar-refractivity contribution in [2.24, 2.45) is 0 Å². The monoisotopic (exact) mass is 307 g/mol. The van der Waals surface area contributed by atoms with Crippen molar-refractivity contribution < 1.29 is 13.9 Å². The van der Waals surface area contributed by atoms with Gasteiger partial charge in [0.1, 0.15) is 12.4 Å². The van der Waals surface area contributed by atoms with Crippen molar-refractivity contribution in [2.45, 2.75) is 19.4 Å². The number of rotatable bonds is 5. The number of hydrogen-bond acceptors (Lipinski definition) is 3. The number of hydrogen-bond donors (Lipinski definition) is 1. The zero-order chi connectivity index (χ0) is 15.2. The predicted molar refractivity (Wildman–Crippen MR) is 80.4 cm³/mol. The smallest absolute Gasteiger partial charge is 0.306 e. The number of aryl methyl sites for hydroxylation is 1. The first-order valence-corrected chi connectivity index (χ1v) is 6.86. The summed E-state index contributed by atoms with van der Waals surface area (Å²) in [6, 6.07) is 11.3. The maximum absolute atomic E-state index is 13.1. The predicted octanol–water partition coefficient (Wildman–Crippen LogP) is 3.74. The van der Waals surface area contributed by atoms with Crippen LogP contribution in [0, 0.1) is 5.82 Å². The molecule has 0 saturated heterocycles. The van der Waals surface area contributed by atoms with Gasteiger partial charge in [-0.2, -0.15) is 0 Å². The van der Waals surface area contributed by atoms with Crippen molar-refractivity contribution in [1.29, 1.82) is 0 Å². The highest BCUT2D eigenvalue weighted by Crippen LogP contribution is 2.18. The Kier molecular flexibility index (Phi) is 5.17. The van der Waals surface area contributed by atoms with Gasteiger partial charge in [-0.15, -0.1) is 0 Å². The van der Waals surface area contributed by atoms with Gasteiger partial charge in [-0.05, 0) is 42.3 Å². The molecule has 2 rings (SSSR count). The van der Waals surface area contributed by atoms with Gasteiger partial charge in [0.2, 0.25) is 0 Å². The van der Waals surface area contributed by atoms with Crippen molar-refractivity contribution in [3.8, 4) is 0 Å². The van der Waals surface area contributed by atoms with Crippen LogP contribution in [0.1, 0.15) is 17.5 Å². The van der Waals surface area contributed by atoms with E-state index in [2.05, 4.69) is 0 Å². The Morgan fingerprint density at radius 3 is 2.81 bits per heavy atom. The molecule has 0 heterocycles. The summed E-state index contributed by atoms with van der Waals surface area (Å²) in [5.74, 6) is -0.775. The molecule has 0 amide bonds. The van der Waals surface area contributed by atoms with E-state index < -0.39 is 5.82 Å². The Labute approximate surface area is 127 Å². The van der Waals surface area contributed by atoms with E-state index in [1.807, 2.05) is 18.2 Å². The molecule has 2 N–H and O–H groups in total. The topological polar surface area (TPSA) is 52.3 Å². The third kappa shape index (κ3) is 4.76. The van der Waals surface area contributed by atoms with Crippen molar-refractivity contribution in [3.63, 3.8) is 0 Å². The lowest BCUT2D eigenvalue weighted by Crippen LogP contribution is -2.06. The summed E-state index contributed by atoms with van der Waals surface area (Å²) in [5, 5.41) is 0.375. The van der Waals surface area contributed by atoms with Gasteiger partial charge in [-0.3, -0.25) is 4.79 Å². The van der Waals surface area contributed by atoms with E-state index in [4.69, 9.17) is 22.1 Å². The van der Waals surface area contributed by atoms with Crippen LogP contribution in [0.25, 0.3) is 0 Å². The normalized spacial score (nSPS) is 10.4. The van der Waals surface area contributed by atoms with Gasteiger partial charge in [-0.25, -0.2) is 4.39 Å². The lowest BCUT2D eigenvalue weighted by molar-refractivity contribution is -0.144. The van der Waals surface area contributed by atoms with Gasteiger partial charge in [0, 0.05) is 22.7 Å². The molecule has 0 saturated carbocycles. The van der Waals surface area contributed by atoms with Crippen LogP contribution in [0.3, 0.4) is 0 Å². The SMILES string of the molecule is Nc1cccc(CCC(=O)OCc2cc(F)ccc2Cl)c1. The lowest BCUT2D eigenvalue weighted by Gasteiger charge is -2.07. The van der Waals surface area contributed by atoms with E-state index in [0.29, 0.717) is 22.7 Å². The minimum Gasteiger partial charge on any atom is -0.461 e. The van der Waals surface area contributed by atoms with Crippen LogP contribution < -0.4 is 5.73 Å². The second kappa shape index (κ2) is 7.09. The van der Waals surface area contributed by atoms with Crippen LogP contribution in [0.2, 0.25) is 5.02 Å². The minimum atomic E-state index is -0.412. The molecule has 2 aromatic rings. The summed E-state index contributed by atoms with van der Waals surface area (Å²) in [6.45, 7) is -0.0354. The molecule has 0 aliphatic rings. The quantitative estimate of drug-likeness (QED) is 0.676. The Balaban J connectivity index is 1.83. The van der Waals surface area contributed by atoms with Gasteiger partial charge < -0.3 is 10.5 Å². The molecule has 0 aliphatic heterocycles. The molecule has 0 atom stereocenters. The average Bonchev–Trinajstić information content (AvgIpc) is 2.46. The summed E-state index contributed by atoms with van der Waals surface area (Å²) in [4.78, 5) is 11.7. The average molecular weight is 308 g/mol. The van der Waals surface area contributed by atoms with Gasteiger partial charge in [-0.1, -0.05) is 23.7 Å². The number of nitrogens with two attached hydrogens (primary N) is 1. The molecule has 110 valence electrons. The van der Waals surface area contributed by atoms with Crippen LogP contribution in [0.4, 0.5) is 10.1 Å². The molecule has 0 bridgehead atoms. The molecule has 0 aliphatic carbocycles. The summed E-state index contributed by atoms with van der Waals surface area (Å²) in [6.07, 6.45) is 0.775. The van der Waals surface area contributed by atoms with Crippen LogP contribution in [-0.2, 0) is 22.6 Å². The van der Waals surface area contributed by atoms with E-state index in [1.54, 1.807) is 6.07 Å². The zero-order valence-electron chi connectivity index (χ0n) is 11.3. The van der Waals surface area contributed by atoms with Gasteiger partial charge >= 0.3 is 5.97 Å². The van der Waals surface area contributed by atoms with Crippen LogP contribution in [-0.4, -0.2) is 5.97 Å². The standard InChI is InChI=1S/C16H15ClFNO2/c17-15-6-5-13(18)9-12(15)10-21-16(20)7-4-11-2-1-3-14(19)8-11/h1-3,5-6,8-9H,4,7,10,19H2. The lowest BCUT2D eigenvalue weighted by atomic mass is 10.1. The third-order valence-corrected chi connectivity index (χ3v) is 3.33. The molecule has 5 heteroatoms. The molecule has 0 unspecified atom stereocenters. The summed E-state index contributed by atoms with van der Waals surface area (Å²) < 4.78 is 18.2. The first-order chi connectivity index (χ1) is 10.0. The highest BCUT2D eigenvalue weighted by Gasteiger charge is 2.07. The Morgan fingerprint density at radius 1 is 1.24 bits per heavy atom. The van der Waals surface area contributed by atoms with Crippen LogP contribution in [0.5, 0.6) is 0 Å². The fourth-order valence-corrected chi connectivity index (χ4v) is 2.05. The highest BCUT2D eigenvalue weighted by atomic mass is 35.5. The molecular weight excluding hydrogens is 293 g/mol. The fourth-order valence-electron chi connectivity index (χ4n) is 1.88. The van der Waals surface area contributed by atoms with Crippen LogP contribution >= 0.6 is 11.6 Å². The number of ether oxygens (including phenoxy) is 1. The molecule has 21 heavy (non-hydrogen) atoms. The fraction of sp³-hybridized carbons (Fsp3) is 0.188. The largest absolute Gasteiger partial charge is 0.461 e. The molecule has 0 spiro atoms. The molecule has 0 radical (unpaired) electrons. The van der Waals surface area contributed by atoms with E-state index in [9.17, 15) is 9.18 Å². The molecule has 0 fully saturated rings. The van der Waals surface area contributed by atoms with E-state index in [1.165, 1.54) is 18.2 Å². The number of anilines is 1. The number of nitrogen functional groups attached to an aromatic ring is 1. The molecular formula is C16H15ClFNO2. The second-order valence-electron chi connectivity index (χ2n) is 4.64. The Hall–Kier alpha value is -2.07. The Morgan fingerprint density at radius 2 is 2.05 bits per heavy atom. The van der Waals surface area contributed by atoms with Gasteiger partial charge in [0.15, 0.2) is 0 Å². The molecule has 0 aromatic heterocycles. The number of esters is 1. The number of benzene rings is 2. The van der Waals surface area contributed by atoms with E-state index in [0.717, 1.165) is 5.56 Å². The second-order valence-corrected chi connectivity index (χ2v) is 5.05. The number of carbonyl (C=O) groups is 1. The minimum absolute atomic E-state index is 0.0354. The summed E-state index contributed by atoms with van der Waals surface area (Å²) in [5.41, 5.74) is 7.74. The molecule has 3 nitrogen and oxygen atoms in total. The maximum atomic E-state index is 13.1. The van der Waals surface area contributed by atoms with E-state index in [-0.39, 0.29) is 19.0 Å². The Bertz CT molecular complexity index is 646. The molecule has 2 aromatic carbocycles. The highest BCUT2D eigenvalue weighted by molar-refractivity contribution is 6.31. The van der Waals surface area contributed by atoms with Crippen molar-refractivity contribution in [1.82, 2.24) is 0 Å². The number of carbonyl (C=O) groups excluding carboxylic acids is 1. The van der Waals surface area contributed by atoms with Gasteiger partial charge in [0.25, 0.3) is 0 Å². The maximum Gasteiger partial charge on any atom is 0.306 e. The van der Waals surface area contributed by atoms with Crippen molar-refractivity contribution >= 4 is 23.3 Å². The van der Waals surface area contributed by atoms with Gasteiger partial charge in [0.05, 0.1) is 0 Å². The van der Waals surface area contributed by atoms with E-state index >= 15 is 0 Å². The summed E-state index contributed by atoms with van der Waals surface area (Å²) >= 11 is 5.90.